The lowest BCUT2D eigenvalue weighted by atomic mass is 10.1. The van der Waals surface area contributed by atoms with E-state index in [1.165, 1.54) is 0 Å². The Morgan fingerprint density at radius 2 is 1.56 bits per heavy atom. The van der Waals surface area contributed by atoms with Gasteiger partial charge in [0.25, 0.3) is 0 Å². The average molecular weight is 297 g/mol. The van der Waals surface area contributed by atoms with Crippen LogP contribution in [0.4, 0.5) is 13.2 Å². The van der Waals surface area contributed by atoms with Crippen molar-refractivity contribution < 1.29 is 17.9 Å². The summed E-state index contributed by atoms with van der Waals surface area (Å²) in [5.41, 5.74) is -0.767. The summed E-state index contributed by atoms with van der Waals surface area (Å²) in [6, 6.07) is 1.94. The van der Waals surface area contributed by atoms with Crippen molar-refractivity contribution >= 4 is 34.2 Å². The van der Waals surface area contributed by atoms with E-state index in [0.29, 0.717) is 0 Å². The van der Waals surface area contributed by atoms with Crippen LogP contribution in [0.3, 0.4) is 0 Å². The molecular formula is C10H5Cl2F3N2O. The standard InChI is InChI=1S/C10H5Cl2F3N2O/c1-18-7-3-6-5(2-4(7)10(13,14)15)16-8(11)9(12)17-6/h2-3H,1H3. The number of alkyl halides is 3. The van der Waals surface area contributed by atoms with Crippen LogP contribution >= 0.6 is 23.2 Å². The molecule has 8 heteroatoms. The van der Waals surface area contributed by atoms with Gasteiger partial charge < -0.3 is 4.74 Å². The molecule has 0 atom stereocenters. The summed E-state index contributed by atoms with van der Waals surface area (Å²) in [7, 11) is 1.14. The van der Waals surface area contributed by atoms with Gasteiger partial charge in [-0.15, -0.1) is 0 Å². The van der Waals surface area contributed by atoms with Gasteiger partial charge in [-0.3, -0.25) is 0 Å². The van der Waals surface area contributed by atoms with Crippen molar-refractivity contribution in [3.63, 3.8) is 0 Å². The molecule has 0 aliphatic carbocycles. The van der Waals surface area contributed by atoms with Gasteiger partial charge in [-0.05, 0) is 6.07 Å². The number of hydrogen-bond acceptors (Lipinski definition) is 3. The molecule has 18 heavy (non-hydrogen) atoms. The maximum Gasteiger partial charge on any atom is 0.420 e. The molecule has 0 saturated heterocycles. The summed E-state index contributed by atoms with van der Waals surface area (Å²) in [5.74, 6) is -0.345. The lowest BCUT2D eigenvalue weighted by molar-refractivity contribution is -0.138. The van der Waals surface area contributed by atoms with Crippen LogP contribution < -0.4 is 4.74 Å². The molecule has 0 saturated carbocycles. The second kappa shape index (κ2) is 4.44. The third kappa shape index (κ3) is 2.30. The smallest absolute Gasteiger partial charge is 0.420 e. The molecule has 0 aliphatic heterocycles. The van der Waals surface area contributed by atoms with Crippen LogP contribution in [0.2, 0.25) is 10.3 Å². The van der Waals surface area contributed by atoms with Crippen LogP contribution in [0.15, 0.2) is 12.1 Å². The minimum absolute atomic E-state index is 0.00229. The molecular weight excluding hydrogens is 292 g/mol. The number of ether oxygens (including phenoxy) is 1. The Labute approximate surface area is 109 Å². The Kier molecular flexibility index (Phi) is 3.25. The molecule has 0 spiro atoms. The molecule has 0 unspecified atom stereocenters. The summed E-state index contributed by atoms with van der Waals surface area (Å²) in [4.78, 5) is 7.57. The van der Waals surface area contributed by atoms with Gasteiger partial charge in [0.2, 0.25) is 0 Å². The molecule has 1 heterocycles. The second-order valence-electron chi connectivity index (χ2n) is 3.34. The summed E-state index contributed by atoms with van der Waals surface area (Å²) in [6.45, 7) is 0. The first-order valence-electron chi connectivity index (χ1n) is 4.61. The minimum Gasteiger partial charge on any atom is -0.496 e. The largest absolute Gasteiger partial charge is 0.496 e. The van der Waals surface area contributed by atoms with Crippen molar-refractivity contribution in [2.75, 3.05) is 7.11 Å². The van der Waals surface area contributed by atoms with E-state index in [4.69, 9.17) is 23.2 Å². The zero-order valence-electron chi connectivity index (χ0n) is 8.85. The van der Waals surface area contributed by atoms with E-state index in [1.54, 1.807) is 0 Å². The van der Waals surface area contributed by atoms with Crippen molar-refractivity contribution in [1.29, 1.82) is 0 Å². The van der Waals surface area contributed by atoms with Gasteiger partial charge >= 0.3 is 6.18 Å². The van der Waals surface area contributed by atoms with Gasteiger partial charge in [-0.25, -0.2) is 9.97 Å². The fourth-order valence-electron chi connectivity index (χ4n) is 1.43. The van der Waals surface area contributed by atoms with Gasteiger partial charge in [0.15, 0.2) is 10.3 Å². The number of methoxy groups -OCH3 is 1. The Morgan fingerprint density at radius 1 is 1.06 bits per heavy atom. The van der Waals surface area contributed by atoms with E-state index in [9.17, 15) is 13.2 Å². The quantitative estimate of drug-likeness (QED) is 0.799. The number of halogens is 5. The molecule has 0 bridgehead atoms. The zero-order valence-corrected chi connectivity index (χ0v) is 10.4. The fraction of sp³-hybridized carbons (Fsp3) is 0.200. The Bertz CT molecular complexity index is 616. The zero-order chi connectivity index (χ0) is 13.5. The third-order valence-electron chi connectivity index (χ3n) is 2.21. The van der Waals surface area contributed by atoms with Crippen molar-refractivity contribution in [1.82, 2.24) is 9.97 Å². The highest BCUT2D eigenvalue weighted by molar-refractivity contribution is 6.40. The van der Waals surface area contributed by atoms with Crippen LogP contribution in [0, 0.1) is 0 Å². The number of rotatable bonds is 1. The Balaban J connectivity index is 2.77. The Morgan fingerprint density at radius 3 is 2.00 bits per heavy atom. The molecule has 0 aliphatic rings. The molecule has 1 aromatic heterocycles. The average Bonchev–Trinajstić information content (AvgIpc) is 2.28. The molecule has 0 radical (unpaired) electrons. The van der Waals surface area contributed by atoms with Crippen LogP contribution in [0.25, 0.3) is 11.0 Å². The Hall–Kier alpha value is -1.27. The van der Waals surface area contributed by atoms with Crippen molar-refractivity contribution in [3.05, 3.63) is 28.0 Å². The highest BCUT2D eigenvalue weighted by Gasteiger charge is 2.35. The maximum absolute atomic E-state index is 12.8. The normalized spacial score (nSPS) is 11.9. The minimum atomic E-state index is -4.55. The maximum atomic E-state index is 12.8. The monoisotopic (exact) mass is 296 g/mol. The number of fused-ring (bicyclic) bond motifs is 1. The van der Waals surface area contributed by atoms with Crippen molar-refractivity contribution in [3.8, 4) is 5.75 Å². The van der Waals surface area contributed by atoms with Gasteiger partial charge in [-0.2, -0.15) is 13.2 Å². The lowest BCUT2D eigenvalue weighted by Crippen LogP contribution is -2.08. The first-order valence-corrected chi connectivity index (χ1v) is 5.36. The number of hydrogen-bond donors (Lipinski definition) is 0. The predicted octanol–water partition coefficient (Wildman–Crippen LogP) is 3.96. The summed E-state index contributed by atoms with van der Waals surface area (Å²) in [6.07, 6.45) is -4.55. The summed E-state index contributed by atoms with van der Waals surface area (Å²) in [5, 5.41) is -0.228. The highest BCUT2D eigenvalue weighted by atomic mass is 35.5. The summed E-state index contributed by atoms with van der Waals surface area (Å²) >= 11 is 11.3. The van der Waals surface area contributed by atoms with E-state index in [1.807, 2.05) is 0 Å². The SMILES string of the molecule is COc1cc2nc(Cl)c(Cl)nc2cc1C(F)(F)F. The third-order valence-corrected chi connectivity index (χ3v) is 2.83. The fourth-order valence-corrected chi connectivity index (χ4v) is 1.70. The van der Waals surface area contributed by atoms with E-state index >= 15 is 0 Å². The van der Waals surface area contributed by atoms with Gasteiger partial charge in [0.1, 0.15) is 5.75 Å². The lowest BCUT2D eigenvalue weighted by Gasteiger charge is -2.12. The van der Waals surface area contributed by atoms with E-state index in [2.05, 4.69) is 14.7 Å². The molecule has 2 aromatic rings. The van der Waals surface area contributed by atoms with Gasteiger partial charge in [0.05, 0.1) is 23.7 Å². The molecule has 0 amide bonds. The summed E-state index contributed by atoms with van der Waals surface area (Å²) < 4.78 is 43.0. The molecule has 1 aromatic carbocycles. The van der Waals surface area contributed by atoms with E-state index in [0.717, 1.165) is 19.2 Å². The molecule has 2 rings (SSSR count). The van der Waals surface area contributed by atoms with Crippen molar-refractivity contribution in [2.45, 2.75) is 6.18 Å². The molecule has 96 valence electrons. The van der Waals surface area contributed by atoms with Gasteiger partial charge in [0, 0.05) is 6.07 Å². The van der Waals surface area contributed by atoms with E-state index in [-0.39, 0.29) is 27.1 Å². The van der Waals surface area contributed by atoms with Crippen LogP contribution in [0.5, 0.6) is 5.75 Å². The number of aromatic nitrogens is 2. The van der Waals surface area contributed by atoms with E-state index < -0.39 is 11.7 Å². The van der Waals surface area contributed by atoms with Crippen LogP contribution in [-0.2, 0) is 6.18 Å². The predicted molar refractivity (Wildman–Crippen MR) is 61.1 cm³/mol. The van der Waals surface area contributed by atoms with Crippen molar-refractivity contribution in [2.24, 2.45) is 0 Å². The highest BCUT2D eigenvalue weighted by Crippen LogP contribution is 2.38. The molecule has 3 nitrogen and oxygen atoms in total. The van der Waals surface area contributed by atoms with Gasteiger partial charge in [-0.1, -0.05) is 23.2 Å². The van der Waals surface area contributed by atoms with Crippen LogP contribution in [0.1, 0.15) is 5.56 Å². The first kappa shape index (κ1) is 13.2. The second-order valence-corrected chi connectivity index (χ2v) is 4.06. The topological polar surface area (TPSA) is 35.0 Å². The number of benzene rings is 1. The number of nitrogens with zero attached hydrogens (tertiary/aromatic N) is 2. The first-order chi connectivity index (χ1) is 8.32. The molecule has 0 fully saturated rings. The molecule has 0 N–H and O–H groups in total. The van der Waals surface area contributed by atoms with Crippen LogP contribution in [-0.4, -0.2) is 17.1 Å².